The Bertz CT molecular complexity index is 2340. The molecule has 4 aromatic rings. The van der Waals surface area contributed by atoms with Crippen molar-refractivity contribution >= 4 is 11.9 Å². The average molecular weight is 793 g/mol. The molecular formula is C48H44N2O9. The lowest BCUT2D eigenvalue weighted by Gasteiger charge is -2.56. The zero-order valence-corrected chi connectivity index (χ0v) is 32.7. The predicted octanol–water partition coefficient (Wildman–Crippen LogP) is 5.53. The number of likely N-dealkylation sites (tertiary alicyclic amines) is 2. The van der Waals surface area contributed by atoms with E-state index in [4.69, 9.17) is 23.7 Å². The van der Waals surface area contributed by atoms with Gasteiger partial charge in [-0.15, -0.1) is 0 Å². The third-order valence-corrected chi connectivity index (χ3v) is 15.1. The van der Waals surface area contributed by atoms with Crippen LogP contribution in [0.1, 0.15) is 55.8 Å². The molecule has 0 radical (unpaired) electrons. The third-order valence-electron chi connectivity index (χ3n) is 15.1. The van der Waals surface area contributed by atoms with Crippen molar-refractivity contribution in [1.82, 2.24) is 9.80 Å². The number of hydrogen-bond acceptors (Lipinski definition) is 11. The van der Waals surface area contributed by atoms with Crippen LogP contribution < -0.4 is 23.7 Å². The predicted molar refractivity (Wildman–Crippen MR) is 215 cm³/mol. The van der Waals surface area contributed by atoms with Crippen LogP contribution in [0, 0.1) is 11.8 Å². The van der Waals surface area contributed by atoms with Crippen molar-refractivity contribution in [1.29, 1.82) is 0 Å². The molecular weight excluding hydrogens is 749 g/mol. The zero-order valence-electron chi connectivity index (χ0n) is 32.7. The second-order valence-electron chi connectivity index (χ2n) is 17.7. The van der Waals surface area contributed by atoms with Crippen molar-refractivity contribution in [3.05, 3.63) is 130 Å². The maximum Gasteiger partial charge on any atom is 0.343 e. The summed E-state index contributed by atoms with van der Waals surface area (Å²) in [7, 11) is 4.34. The van der Waals surface area contributed by atoms with E-state index < -0.39 is 36.4 Å². The fraction of sp³-hybridized carbons (Fsp3) is 0.375. The molecule has 4 aliphatic heterocycles. The lowest BCUT2D eigenvalue weighted by Crippen LogP contribution is -2.64. The highest BCUT2D eigenvalue weighted by Gasteiger charge is 2.66. The van der Waals surface area contributed by atoms with Crippen molar-refractivity contribution < 1.29 is 43.5 Å². The number of nitrogens with zero attached hydrogens (tertiary/aromatic N) is 2. The number of carbonyl (C=O) groups is 2. The van der Waals surface area contributed by atoms with Crippen LogP contribution in [0.4, 0.5) is 0 Å². The Morgan fingerprint density at radius 1 is 0.610 bits per heavy atom. The molecule has 4 bridgehead atoms. The number of piperidine rings is 2. The monoisotopic (exact) mass is 792 g/mol. The molecule has 0 saturated carbocycles. The van der Waals surface area contributed by atoms with Crippen LogP contribution >= 0.6 is 0 Å². The van der Waals surface area contributed by atoms with E-state index in [1.807, 2.05) is 36.4 Å². The van der Waals surface area contributed by atoms with Gasteiger partial charge >= 0.3 is 11.9 Å². The summed E-state index contributed by atoms with van der Waals surface area (Å²) in [5.74, 6) is 2.25. The van der Waals surface area contributed by atoms with Gasteiger partial charge in [0.1, 0.15) is 35.9 Å². The molecule has 59 heavy (non-hydrogen) atoms. The molecule has 0 aromatic heterocycles. The second-order valence-corrected chi connectivity index (χ2v) is 17.7. The van der Waals surface area contributed by atoms with Crippen molar-refractivity contribution in [3.63, 3.8) is 0 Å². The lowest BCUT2D eigenvalue weighted by molar-refractivity contribution is -0.0453. The summed E-state index contributed by atoms with van der Waals surface area (Å²) in [6.07, 6.45) is 9.21. The highest BCUT2D eigenvalue weighted by atomic mass is 16.6. The fourth-order valence-electron chi connectivity index (χ4n) is 12.4. The van der Waals surface area contributed by atoms with Crippen LogP contribution in [0.3, 0.4) is 0 Å². The van der Waals surface area contributed by atoms with Crippen LogP contribution in [0.15, 0.2) is 97.1 Å². The van der Waals surface area contributed by atoms with Gasteiger partial charge in [-0.05, 0) is 125 Å². The molecule has 11 heteroatoms. The molecule has 2 spiro atoms. The van der Waals surface area contributed by atoms with Crippen LogP contribution in [-0.4, -0.2) is 95.6 Å². The van der Waals surface area contributed by atoms with Gasteiger partial charge in [0.05, 0.1) is 11.1 Å². The van der Waals surface area contributed by atoms with Gasteiger partial charge in [-0.2, -0.15) is 0 Å². The lowest BCUT2D eigenvalue weighted by atomic mass is 9.53. The van der Waals surface area contributed by atoms with Crippen molar-refractivity contribution in [2.75, 3.05) is 27.2 Å². The number of aliphatic hydroxyl groups excluding tert-OH is 2. The number of aliphatic hydroxyl groups is 2. The summed E-state index contributed by atoms with van der Waals surface area (Å²) in [4.78, 5) is 31.8. The summed E-state index contributed by atoms with van der Waals surface area (Å²) in [5.41, 5.74) is 4.56. The van der Waals surface area contributed by atoms with E-state index in [1.54, 1.807) is 48.5 Å². The van der Waals surface area contributed by atoms with Gasteiger partial charge in [0.25, 0.3) is 0 Å². The van der Waals surface area contributed by atoms with Crippen LogP contribution in [-0.2, 0) is 23.7 Å². The minimum Gasteiger partial charge on any atom is -0.482 e. The Labute approximate surface area is 341 Å². The molecule has 11 nitrogen and oxygen atoms in total. The van der Waals surface area contributed by atoms with Gasteiger partial charge in [0.15, 0.2) is 23.0 Å². The topological polar surface area (TPSA) is 127 Å². The Morgan fingerprint density at radius 3 is 1.46 bits per heavy atom. The molecule has 0 unspecified atom stereocenters. The quantitative estimate of drug-likeness (QED) is 0.146. The molecule has 2 fully saturated rings. The number of ether oxygens (including phenoxy) is 5. The maximum atomic E-state index is 13.5. The van der Waals surface area contributed by atoms with Gasteiger partial charge in [0, 0.05) is 45.9 Å². The number of rotatable bonds is 6. The summed E-state index contributed by atoms with van der Waals surface area (Å²) < 4.78 is 31.1. The van der Waals surface area contributed by atoms with Gasteiger partial charge in [-0.1, -0.05) is 36.4 Å². The molecule has 10 atom stereocenters. The van der Waals surface area contributed by atoms with Gasteiger partial charge < -0.3 is 43.7 Å². The van der Waals surface area contributed by atoms with Crippen molar-refractivity contribution in [2.45, 2.75) is 73.0 Å². The fourth-order valence-corrected chi connectivity index (χ4v) is 12.4. The summed E-state index contributed by atoms with van der Waals surface area (Å²) in [5, 5.41) is 22.1. The number of benzene rings is 4. The average Bonchev–Trinajstić information content (AvgIpc) is 3.79. The summed E-state index contributed by atoms with van der Waals surface area (Å²) >= 11 is 0. The molecule has 8 aliphatic rings. The first-order valence-electron chi connectivity index (χ1n) is 20.8. The molecule has 2 N–H and O–H groups in total. The largest absolute Gasteiger partial charge is 0.482 e. The molecule has 4 aromatic carbocycles. The molecule has 2 saturated heterocycles. The highest BCUT2D eigenvalue weighted by Crippen LogP contribution is 2.64. The second kappa shape index (κ2) is 12.5. The van der Waals surface area contributed by atoms with Gasteiger partial charge in [-0.25, -0.2) is 9.59 Å². The van der Waals surface area contributed by atoms with E-state index in [0.717, 1.165) is 49.9 Å². The standard InChI is InChI=1S/C48H44N2O9/c1-49-21-19-47-31-13-15-35(51)43(47)58-41-37(17-7-27(39(41)47)23-33(31)49)56-45(53)25-3-9-29(10-4-25)55-30-11-5-26(6-12-30)46(54)57-38-18-8-28-24-34-32-14-16-36(52)44-48(32,20-22-50(34)2)40(28)42(38)59-44/h3-18,31-36,43-44,51-52H,19-24H2,1-2H3/t31-,32-,33+,34+,35-,36-,43-,44-,47-,48-/m0/s1. The first kappa shape index (κ1) is 35.5. The summed E-state index contributed by atoms with van der Waals surface area (Å²) in [6.45, 7) is 1.82. The third kappa shape index (κ3) is 4.84. The first-order chi connectivity index (χ1) is 28.6. The Kier molecular flexibility index (Phi) is 7.54. The van der Waals surface area contributed by atoms with Crippen molar-refractivity contribution in [3.8, 4) is 34.5 Å². The van der Waals surface area contributed by atoms with E-state index in [0.29, 0.717) is 57.7 Å². The van der Waals surface area contributed by atoms with E-state index >= 15 is 0 Å². The van der Waals surface area contributed by atoms with E-state index in [9.17, 15) is 19.8 Å². The van der Waals surface area contributed by atoms with Crippen LogP contribution in [0.2, 0.25) is 0 Å². The van der Waals surface area contributed by atoms with E-state index in [1.165, 1.54) is 11.1 Å². The molecule has 0 amide bonds. The minimum atomic E-state index is -0.739. The minimum absolute atomic E-state index is 0.217. The Hall–Kier alpha value is -5.46. The molecule has 12 rings (SSSR count). The molecule has 4 aliphatic carbocycles. The van der Waals surface area contributed by atoms with Gasteiger partial charge in [0.2, 0.25) is 0 Å². The van der Waals surface area contributed by atoms with Crippen molar-refractivity contribution in [2.24, 2.45) is 11.8 Å². The highest BCUT2D eigenvalue weighted by molar-refractivity contribution is 5.92. The summed E-state index contributed by atoms with van der Waals surface area (Å²) in [6, 6.07) is 21.8. The molecule has 300 valence electrons. The van der Waals surface area contributed by atoms with Crippen LogP contribution in [0.25, 0.3) is 0 Å². The number of carbonyl (C=O) groups excluding carboxylic acids is 2. The SMILES string of the molecule is CN1CC[C@]23c4c5ccc(OC(=O)c6ccc(Oc7ccc(C(=O)Oc8ccc9c%10c8O[C@H]8[C@@H](O)C=C[C@H]%11[C@@H](C9)N(C)CC[C@@]%10%118)cc7)cc6)c4O[C@H]2[C@@H](O)C=C[C@H]3[C@H]1C5. The maximum absolute atomic E-state index is 13.5. The Balaban J connectivity index is 0.731. The number of hydrogen-bond donors (Lipinski definition) is 2. The van der Waals surface area contributed by atoms with Gasteiger partial charge in [-0.3, -0.25) is 0 Å². The van der Waals surface area contributed by atoms with E-state index in [-0.39, 0.29) is 22.7 Å². The number of esters is 2. The molecule has 4 heterocycles. The smallest absolute Gasteiger partial charge is 0.343 e. The van der Waals surface area contributed by atoms with Crippen LogP contribution in [0.5, 0.6) is 34.5 Å². The normalized spacial score (nSPS) is 33.6. The number of likely N-dealkylation sites (N-methyl/N-ethyl adjacent to an activating group) is 2. The first-order valence-corrected chi connectivity index (χ1v) is 20.8. The van der Waals surface area contributed by atoms with E-state index in [2.05, 4.69) is 36.0 Å². The zero-order chi connectivity index (χ0) is 39.9. The Morgan fingerprint density at radius 2 is 1.03 bits per heavy atom.